The van der Waals surface area contributed by atoms with Gasteiger partial charge in [-0.3, -0.25) is 4.90 Å². The van der Waals surface area contributed by atoms with Gasteiger partial charge >= 0.3 is 24.2 Å². The monoisotopic (exact) mass is 532 g/mol. The average Bonchev–Trinajstić information content (AvgIpc) is 2.84. The number of esters is 1. The maximum absolute atomic E-state index is 13.3. The molecule has 1 unspecified atom stereocenters. The summed E-state index contributed by atoms with van der Waals surface area (Å²) in [5, 5.41) is 7.57. The number of rotatable bonds is 8. The number of nitrogens with zero attached hydrogens (tertiary/aromatic N) is 1. The molecule has 0 saturated carbocycles. The molecule has 3 N–H and O–H groups in total. The van der Waals surface area contributed by atoms with Gasteiger partial charge in [0.2, 0.25) is 0 Å². The Balaban J connectivity index is 1.88. The zero-order chi connectivity index (χ0) is 28.0. The molecule has 2 aromatic carbocycles. The molecule has 1 atom stereocenters. The highest BCUT2D eigenvalue weighted by Crippen LogP contribution is 2.35. The number of urea groups is 2. The molecule has 2 aromatic rings. The molecule has 1 heterocycles. The van der Waals surface area contributed by atoms with Gasteiger partial charge in [-0.15, -0.1) is 0 Å². The number of benzene rings is 2. The van der Waals surface area contributed by atoms with E-state index in [4.69, 9.17) is 4.74 Å². The summed E-state index contributed by atoms with van der Waals surface area (Å²) in [5.41, 5.74) is 0.100. The summed E-state index contributed by atoms with van der Waals surface area (Å²) in [5.74, 6) is -0.459. The Labute approximate surface area is 219 Å². The van der Waals surface area contributed by atoms with Crippen molar-refractivity contribution in [3.8, 4) is 0 Å². The summed E-state index contributed by atoms with van der Waals surface area (Å²) >= 11 is 0. The Morgan fingerprint density at radius 3 is 2.47 bits per heavy atom. The molecule has 0 bridgehead atoms. The van der Waals surface area contributed by atoms with Crippen LogP contribution in [0.25, 0.3) is 0 Å². The summed E-state index contributed by atoms with van der Waals surface area (Å²) in [6, 6.07) is 8.88. The van der Waals surface area contributed by atoms with Crippen LogP contribution in [-0.2, 0) is 15.7 Å². The van der Waals surface area contributed by atoms with Crippen LogP contribution in [0.4, 0.5) is 34.1 Å². The molecule has 1 aliphatic heterocycles. The molecule has 204 valence electrons. The molecule has 11 heteroatoms. The third-order valence-corrected chi connectivity index (χ3v) is 5.77. The van der Waals surface area contributed by atoms with Crippen molar-refractivity contribution in [1.29, 1.82) is 0 Å². The van der Waals surface area contributed by atoms with Gasteiger partial charge in [-0.1, -0.05) is 45.0 Å². The minimum atomic E-state index is -4.64. The number of amides is 4. The van der Waals surface area contributed by atoms with Crippen molar-refractivity contribution in [2.24, 2.45) is 5.92 Å². The van der Waals surface area contributed by atoms with Crippen LogP contribution in [0, 0.1) is 5.92 Å². The fourth-order valence-corrected chi connectivity index (χ4v) is 4.03. The van der Waals surface area contributed by atoms with Crippen LogP contribution in [0.2, 0.25) is 0 Å². The van der Waals surface area contributed by atoms with Gasteiger partial charge in [-0.25, -0.2) is 14.4 Å². The van der Waals surface area contributed by atoms with Crippen LogP contribution in [0.1, 0.15) is 51.3 Å². The second kappa shape index (κ2) is 12.0. The molecule has 0 fully saturated rings. The quantitative estimate of drug-likeness (QED) is 0.348. The Bertz CT molecular complexity index is 1230. The first-order valence-electron chi connectivity index (χ1n) is 12.2. The molecular weight excluding hydrogens is 501 g/mol. The van der Waals surface area contributed by atoms with E-state index in [1.165, 1.54) is 17.0 Å². The van der Waals surface area contributed by atoms with E-state index in [9.17, 15) is 27.6 Å². The summed E-state index contributed by atoms with van der Waals surface area (Å²) in [4.78, 5) is 40.0. The number of carbonyl (C=O) groups is 3. The predicted molar refractivity (Wildman–Crippen MR) is 137 cm³/mol. The highest BCUT2D eigenvalue weighted by molar-refractivity contribution is 6.00. The Morgan fingerprint density at radius 2 is 1.82 bits per heavy atom. The van der Waals surface area contributed by atoms with Crippen LogP contribution >= 0.6 is 0 Å². The zero-order valence-corrected chi connectivity index (χ0v) is 21.6. The standard InChI is InChI=1S/C27H31F3N4O4/c1-5-13-34-17(4)22(24(35)38-15-16(2)3)23(33-26(34)37)18-9-8-10-19(14-18)31-25(36)32-21-12-7-6-11-20(21)27(28,29)30/h6-12,14,16,23H,5,13,15H2,1-4H3,(H,33,37)(H2,31,32,36). The lowest BCUT2D eigenvalue weighted by Gasteiger charge is -2.35. The van der Waals surface area contributed by atoms with E-state index in [0.29, 0.717) is 24.2 Å². The SMILES string of the molecule is CCCN1C(=O)NC(c2cccc(NC(=O)Nc3ccccc3C(F)(F)F)c2)C(C(=O)OCC(C)C)=C1C. The third kappa shape index (κ3) is 6.84. The van der Waals surface area contributed by atoms with E-state index < -0.39 is 35.5 Å². The number of ether oxygens (including phenoxy) is 1. The molecule has 3 rings (SSSR count). The normalized spacial score (nSPS) is 15.8. The number of halogens is 3. The maximum atomic E-state index is 13.3. The molecule has 1 aliphatic rings. The molecule has 0 aliphatic carbocycles. The lowest BCUT2D eigenvalue weighted by Crippen LogP contribution is -2.48. The molecule has 0 radical (unpaired) electrons. The number of para-hydroxylation sites is 1. The number of hydrogen-bond acceptors (Lipinski definition) is 4. The van der Waals surface area contributed by atoms with Crippen molar-refractivity contribution < 1.29 is 32.3 Å². The molecule has 0 spiro atoms. The molecule has 38 heavy (non-hydrogen) atoms. The Kier molecular flexibility index (Phi) is 9.03. The average molecular weight is 533 g/mol. The van der Waals surface area contributed by atoms with Gasteiger partial charge in [0.1, 0.15) is 0 Å². The summed E-state index contributed by atoms with van der Waals surface area (Å²) < 4.78 is 45.3. The lowest BCUT2D eigenvalue weighted by atomic mass is 9.94. The number of anilines is 2. The molecule has 0 aromatic heterocycles. The highest BCUT2D eigenvalue weighted by atomic mass is 19.4. The van der Waals surface area contributed by atoms with Crippen LogP contribution in [0.5, 0.6) is 0 Å². The Morgan fingerprint density at radius 1 is 1.11 bits per heavy atom. The maximum Gasteiger partial charge on any atom is 0.418 e. The summed E-state index contributed by atoms with van der Waals surface area (Å²) in [6.07, 6.45) is -3.96. The van der Waals surface area contributed by atoms with E-state index in [1.54, 1.807) is 31.2 Å². The van der Waals surface area contributed by atoms with E-state index in [2.05, 4.69) is 16.0 Å². The van der Waals surface area contributed by atoms with Gasteiger partial charge in [-0.05, 0) is 49.1 Å². The topological polar surface area (TPSA) is 99.8 Å². The summed E-state index contributed by atoms with van der Waals surface area (Å²) in [7, 11) is 0. The molecule has 4 amide bonds. The minimum Gasteiger partial charge on any atom is -0.462 e. The minimum absolute atomic E-state index is 0.108. The van der Waals surface area contributed by atoms with Crippen LogP contribution in [0.15, 0.2) is 59.8 Å². The fourth-order valence-electron chi connectivity index (χ4n) is 4.03. The van der Waals surface area contributed by atoms with E-state index in [1.807, 2.05) is 20.8 Å². The fraction of sp³-hybridized carbons (Fsp3) is 0.370. The van der Waals surface area contributed by atoms with Crippen LogP contribution in [-0.4, -0.2) is 36.1 Å². The first-order valence-corrected chi connectivity index (χ1v) is 12.2. The third-order valence-electron chi connectivity index (χ3n) is 5.77. The van der Waals surface area contributed by atoms with Crippen molar-refractivity contribution in [1.82, 2.24) is 10.2 Å². The smallest absolute Gasteiger partial charge is 0.418 e. The van der Waals surface area contributed by atoms with E-state index >= 15 is 0 Å². The van der Waals surface area contributed by atoms with Crippen molar-refractivity contribution in [2.45, 2.75) is 46.3 Å². The lowest BCUT2D eigenvalue weighted by molar-refractivity contribution is -0.140. The number of alkyl halides is 3. The van der Waals surface area contributed by atoms with Gasteiger partial charge in [0.25, 0.3) is 0 Å². The van der Waals surface area contributed by atoms with Crippen molar-refractivity contribution in [3.63, 3.8) is 0 Å². The van der Waals surface area contributed by atoms with Crippen molar-refractivity contribution in [2.75, 3.05) is 23.8 Å². The second-order valence-corrected chi connectivity index (χ2v) is 9.27. The first-order chi connectivity index (χ1) is 17.9. The number of nitrogens with one attached hydrogen (secondary N) is 3. The summed E-state index contributed by atoms with van der Waals surface area (Å²) in [6.45, 7) is 8.02. The van der Waals surface area contributed by atoms with Crippen LogP contribution in [0.3, 0.4) is 0 Å². The predicted octanol–water partition coefficient (Wildman–Crippen LogP) is 6.30. The first kappa shape index (κ1) is 28.5. The number of hydrogen-bond donors (Lipinski definition) is 3. The van der Waals surface area contributed by atoms with Gasteiger partial charge in [0, 0.05) is 17.9 Å². The Hall–Kier alpha value is -4.02. The van der Waals surface area contributed by atoms with E-state index in [0.717, 1.165) is 12.1 Å². The highest BCUT2D eigenvalue weighted by Gasteiger charge is 2.36. The van der Waals surface area contributed by atoms with Crippen LogP contribution < -0.4 is 16.0 Å². The number of allylic oxidation sites excluding steroid dienone is 1. The van der Waals surface area contributed by atoms with Gasteiger partial charge in [-0.2, -0.15) is 13.2 Å². The zero-order valence-electron chi connectivity index (χ0n) is 21.6. The van der Waals surface area contributed by atoms with Gasteiger partial charge in [0.05, 0.1) is 29.5 Å². The van der Waals surface area contributed by atoms with Gasteiger partial charge < -0.3 is 20.7 Å². The van der Waals surface area contributed by atoms with Crippen molar-refractivity contribution >= 4 is 29.4 Å². The number of carbonyl (C=O) groups excluding carboxylic acids is 3. The largest absolute Gasteiger partial charge is 0.462 e. The second-order valence-electron chi connectivity index (χ2n) is 9.27. The molecular formula is C27H31F3N4O4. The molecule has 8 nitrogen and oxygen atoms in total. The molecule has 0 saturated heterocycles. The van der Waals surface area contributed by atoms with Gasteiger partial charge in [0.15, 0.2) is 0 Å². The van der Waals surface area contributed by atoms with Crippen molar-refractivity contribution in [3.05, 3.63) is 70.9 Å². The van der Waals surface area contributed by atoms with E-state index in [-0.39, 0.29) is 29.8 Å².